The normalized spacial score (nSPS) is 13.5. The molecular weight excluding hydrogens is 244 g/mol. The molecule has 0 radical (unpaired) electrons. The molecular formula is C13H22N4O2. The van der Waals surface area contributed by atoms with E-state index in [1.807, 2.05) is 6.07 Å². The molecule has 1 aromatic rings. The molecule has 1 heterocycles. The highest BCUT2D eigenvalue weighted by atomic mass is 16.5. The first-order valence-corrected chi connectivity index (χ1v) is 6.36. The van der Waals surface area contributed by atoms with Gasteiger partial charge in [0.1, 0.15) is 5.69 Å². The van der Waals surface area contributed by atoms with E-state index in [0.29, 0.717) is 24.9 Å². The van der Waals surface area contributed by atoms with Gasteiger partial charge in [-0.1, -0.05) is 18.5 Å². The first-order valence-electron chi connectivity index (χ1n) is 6.36. The van der Waals surface area contributed by atoms with E-state index >= 15 is 0 Å². The Morgan fingerprint density at radius 3 is 3.05 bits per heavy atom. The van der Waals surface area contributed by atoms with E-state index in [-0.39, 0.29) is 5.84 Å². The lowest BCUT2D eigenvalue weighted by molar-refractivity contribution is 0.161. The molecule has 1 atom stereocenters. The summed E-state index contributed by atoms with van der Waals surface area (Å²) in [6.07, 6.45) is 3.81. The summed E-state index contributed by atoms with van der Waals surface area (Å²) in [4.78, 5) is 4.04. The quantitative estimate of drug-likeness (QED) is 0.283. The Bertz CT molecular complexity index is 403. The molecule has 6 nitrogen and oxygen atoms in total. The maximum absolute atomic E-state index is 8.63. The molecule has 0 saturated carbocycles. The summed E-state index contributed by atoms with van der Waals surface area (Å²) in [7, 11) is 1.70. The van der Waals surface area contributed by atoms with Crippen LogP contribution in [-0.4, -0.2) is 35.8 Å². The van der Waals surface area contributed by atoms with Crippen molar-refractivity contribution in [1.82, 2.24) is 10.3 Å². The van der Waals surface area contributed by atoms with Crippen molar-refractivity contribution in [3.63, 3.8) is 0 Å². The number of amidine groups is 1. The van der Waals surface area contributed by atoms with Crippen molar-refractivity contribution < 1.29 is 9.94 Å². The second kappa shape index (κ2) is 8.44. The van der Waals surface area contributed by atoms with Crippen molar-refractivity contribution in [2.45, 2.75) is 32.4 Å². The van der Waals surface area contributed by atoms with E-state index in [1.165, 1.54) is 0 Å². The van der Waals surface area contributed by atoms with Crippen molar-refractivity contribution in [1.29, 1.82) is 0 Å². The van der Waals surface area contributed by atoms with Gasteiger partial charge in [0.05, 0.1) is 6.61 Å². The molecule has 0 aromatic carbocycles. The molecule has 0 fully saturated rings. The van der Waals surface area contributed by atoms with Crippen LogP contribution in [0, 0.1) is 0 Å². The second-order valence-corrected chi connectivity index (χ2v) is 4.36. The number of aromatic nitrogens is 1. The van der Waals surface area contributed by atoms with E-state index in [2.05, 4.69) is 22.4 Å². The summed E-state index contributed by atoms with van der Waals surface area (Å²) in [6.45, 7) is 3.53. The zero-order chi connectivity index (χ0) is 14.1. The van der Waals surface area contributed by atoms with Gasteiger partial charge in [-0.15, -0.1) is 0 Å². The fourth-order valence-electron chi connectivity index (χ4n) is 1.83. The first-order chi connectivity index (χ1) is 9.21. The second-order valence-electron chi connectivity index (χ2n) is 4.36. The maximum Gasteiger partial charge on any atom is 0.188 e. The summed E-state index contributed by atoms with van der Waals surface area (Å²) in [5.74, 6) is 0.0175. The third-order valence-corrected chi connectivity index (χ3v) is 2.79. The van der Waals surface area contributed by atoms with Gasteiger partial charge in [0, 0.05) is 25.9 Å². The summed E-state index contributed by atoms with van der Waals surface area (Å²) in [5, 5.41) is 15.0. The van der Waals surface area contributed by atoms with Crippen molar-refractivity contribution in [2.24, 2.45) is 10.9 Å². The Kier molecular flexibility index (Phi) is 6.84. The summed E-state index contributed by atoms with van der Waals surface area (Å²) < 4.78 is 5.18. The minimum atomic E-state index is 0.0175. The largest absolute Gasteiger partial charge is 0.409 e. The number of hydrogen-bond donors (Lipinski definition) is 3. The third kappa shape index (κ3) is 5.23. The van der Waals surface area contributed by atoms with Crippen LogP contribution in [0.1, 0.15) is 31.0 Å². The van der Waals surface area contributed by atoms with Crippen molar-refractivity contribution in [3.8, 4) is 0 Å². The van der Waals surface area contributed by atoms with Crippen LogP contribution in [0.3, 0.4) is 0 Å². The molecule has 0 aliphatic heterocycles. The molecule has 1 aromatic heterocycles. The summed E-state index contributed by atoms with van der Waals surface area (Å²) in [5.41, 5.74) is 7.02. The van der Waals surface area contributed by atoms with Gasteiger partial charge in [-0.2, -0.15) is 0 Å². The monoisotopic (exact) mass is 266 g/mol. The predicted molar refractivity (Wildman–Crippen MR) is 74.2 cm³/mol. The molecule has 0 amide bonds. The van der Waals surface area contributed by atoms with Gasteiger partial charge < -0.3 is 21.0 Å². The van der Waals surface area contributed by atoms with Crippen LogP contribution in [0.2, 0.25) is 0 Å². The number of rotatable bonds is 8. The van der Waals surface area contributed by atoms with Gasteiger partial charge in [-0.05, 0) is 24.1 Å². The van der Waals surface area contributed by atoms with Crippen LogP contribution in [0.5, 0.6) is 0 Å². The standard InChI is InChI=1S/C13H22N4O2/c1-3-4-11(9-19-2)16-8-10-5-6-15-12(7-10)13(14)17-18/h5-7,11,16,18H,3-4,8-9H2,1-2H3,(H2,14,17). The maximum atomic E-state index is 8.63. The number of nitrogens with zero attached hydrogens (tertiary/aromatic N) is 2. The fourth-order valence-corrected chi connectivity index (χ4v) is 1.83. The van der Waals surface area contributed by atoms with E-state index in [0.717, 1.165) is 18.4 Å². The number of methoxy groups -OCH3 is 1. The van der Waals surface area contributed by atoms with Crippen molar-refractivity contribution in [3.05, 3.63) is 29.6 Å². The predicted octanol–water partition coefficient (Wildman–Crippen LogP) is 1.08. The fraction of sp³-hybridized carbons (Fsp3) is 0.538. The number of oxime groups is 1. The molecule has 1 rings (SSSR count). The molecule has 1 unspecified atom stereocenters. The number of ether oxygens (including phenoxy) is 1. The summed E-state index contributed by atoms with van der Waals surface area (Å²) >= 11 is 0. The van der Waals surface area contributed by atoms with Crippen LogP contribution < -0.4 is 11.1 Å². The Balaban J connectivity index is 2.61. The smallest absolute Gasteiger partial charge is 0.188 e. The zero-order valence-corrected chi connectivity index (χ0v) is 11.5. The Morgan fingerprint density at radius 1 is 1.63 bits per heavy atom. The lowest BCUT2D eigenvalue weighted by atomic mass is 10.1. The molecule has 4 N–H and O–H groups in total. The van der Waals surface area contributed by atoms with Gasteiger partial charge in [0.25, 0.3) is 0 Å². The highest BCUT2D eigenvalue weighted by molar-refractivity contribution is 5.95. The van der Waals surface area contributed by atoms with Crippen LogP contribution in [-0.2, 0) is 11.3 Å². The van der Waals surface area contributed by atoms with Gasteiger partial charge in [0.15, 0.2) is 5.84 Å². The average molecular weight is 266 g/mol. The lowest BCUT2D eigenvalue weighted by Gasteiger charge is -2.17. The molecule has 0 bridgehead atoms. The molecule has 0 saturated heterocycles. The van der Waals surface area contributed by atoms with Crippen molar-refractivity contribution in [2.75, 3.05) is 13.7 Å². The number of nitrogens with one attached hydrogen (secondary N) is 1. The summed E-state index contributed by atoms with van der Waals surface area (Å²) in [6, 6.07) is 4.03. The SMILES string of the molecule is CCCC(COC)NCc1ccnc(C(N)=NO)c1. The third-order valence-electron chi connectivity index (χ3n) is 2.79. The molecule has 19 heavy (non-hydrogen) atoms. The molecule has 0 aliphatic rings. The van der Waals surface area contributed by atoms with Gasteiger partial charge in [0.2, 0.25) is 0 Å². The molecule has 106 valence electrons. The Morgan fingerprint density at radius 2 is 2.42 bits per heavy atom. The molecule has 6 heteroatoms. The molecule has 0 aliphatic carbocycles. The topological polar surface area (TPSA) is 92.8 Å². The Labute approximate surface area is 113 Å². The average Bonchev–Trinajstić information content (AvgIpc) is 2.44. The highest BCUT2D eigenvalue weighted by Crippen LogP contribution is 2.04. The highest BCUT2D eigenvalue weighted by Gasteiger charge is 2.07. The van der Waals surface area contributed by atoms with Crippen LogP contribution >= 0.6 is 0 Å². The van der Waals surface area contributed by atoms with E-state index < -0.39 is 0 Å². The lowest BCUT2D eigenvalue weighted by Crippen LogP contribution is -2.32. The number of hydrogen-bond acceptors (Lipinski definition) is 5. The Hall–Kier alpha value is -1.66. The zero-order valence-electron chi connectivity index (χ0n) is 11.5. The minimum absolute atomic E-state index is 0.0175. The van der Waals surface area contributed by atoms with Crippen molar-refractivity contribution >= 4 is 5.84 Å². The van der Waals surface area contributed by atoms with Gasteiger partial charge >= 0.3 is 0 Å². The first kappa shape index (κ1) is 15.4. The minimum Gasteiger partial charge on any atom is -0.409 e. The van der Waals surface area contributed by atoms with Crippen LogP contribution in [0.25, 0.3) is 0 Å². The van der Waals surface area contributed by atoms with Crippen LogP contribution in [0.15, 0.2) is 23.5 Å². The van der Waals surface area contributed by atoms with Gasteiger partial charge in [-0.3, -0.25) is 4.98 Å². The van der Waals surface area contributed by atoms with E-state index in [1.54, 1.807) is 19.4 Å². The van der Waals surface area contributed by atoms with E-state index in [4.69, 9.17) is 15.7 Å². The number of pyridine rings is 1. The number of nitrogens with two attached hydrogens (primary N) is 1. The van der Waals surface area contributed by atoms with Crippen LogP contribution in [0.4, 0.5) is 0 Å². The van der Waals surface area contributed by atoms with E-state index in [9.17, 15) is 0 Å². The molecule has 0 spiro atoms. The van der Waals surface area contributed by atoms with Gasteiger partial charge in [-0.25, -0.2) is 0 Å².